The number of halogens is 1. The molecule has 2 aromatic carbocycles. The van der Waals surface area contributed by atoms with Crippen LogP contribution in [0, 0.1) is 0 Å². The standard InChI is InChI=1S/C21H21ClN4O3/c22-17-5-1-15(2-6-17)13-19(27)23-14-20-24-21(25-29-20)16-3-7-18(8-4-16)26-9-11-28-12-10-26/h1-8H,9-14H2,(H,23,27). The van der Waals surface area contributed by atoms with E-state index in [0.29, 0.717) is 16.7 Å². The number of morpholine rings is 1. The van der Waals surface area contributed by atoms with E-state index in [1.165, 1.54) is 0 Å². The fourth-order valence-electron chi connectivity index (χ4n) is 3.11. The maximum Gasteiger partial charge on any atom is 0.246 e. The average Bonchev–Trinajstić information content (AvgIpc) is 3.24. The van der Waals surface area contributed by atoms with E-state index in [1.54, 1.807) is 12.1 Å². The molecule has 3 aromatic rings. The van der Waals surface area contributed by atoms with E-state index in [0.717, 1.165) is 43.1 Å². The van der Waals surface area contributed by atoms with Crippen LogP contribution in [0.4, 0.5) is 5.69 Å². The highest BCUT2D eigenvalue weighted by Crippen LogP contribution is 2.22. The van der Waals surface area contributed by atoms with Crippen LogP contribution < -0.4 is 10.2 Å². The van der Waals surface area contributed by atoms with E-state index in [4.69, 9.17) is 20.9 Å². The molecule has 8 heteroatoms. The topological polar surface area (TPSA) is 80.5 Å². The molecule has 0 aliphatic carbocycles. The van der Waals surface area contributed by atoms with Gasteiger partial charge in [0.15, 0.2) is 0 Å². The van der Waals surface area contributed by atoms with Crippen molar-refractivity contribution in [2.24, 2.45) is 0 Å². The number of hydrogen-bond acceptors (Lipinski definition) is 6. The third kappa shape index (κ3) is 5.13. The Balaban J connectivity index is 1.32. The lowest BCUT2D eigenvalue weighted by molar-refractivity contribution is -0.120. The van der Waals surface area contributed by atoms with Gasteiger partial charge in [-0.3, -0.25) is 4.79 Å². The summed E-state index contributed by atoms with van der Waals surface area (Å²) in [6.07, 6.45) is 0.265. The molecule has 0 atom stereocenters. The molecule has 1 N–H and O–H groups in total. The first-order valence-electron chi connectivity index (χ1n) is 9.44. The van der Waals surface area contributed by atoms with Crippen molar-refractivity contribution in [3.05, 3.63) is 65.0 Å². The smallest absolute Gasteiger partial charge is 0.246 e. The number of ether oxygens (including phenoxy) is 1. The van der Waals surface area contributed by atoms with Crippen molar-refractivity contribution in [2.45, 2.75) is 13.0 Å². The van der Waals surface area contributed by atoms with Crippen LogP contribution in [0.3, 0.4) is 0 Å². The lowest BCUT2D eigenvalue weighted by Gasteiger charge is -2.28. The molecule has 0 saturated carbocycles. The molecular formula is C21H21ClN4O3. The van der Waals surface area contributed by atoms with Crippen LogP contribution in [-0.4, -0.2) is 42.4 Å². The van der Waals surface area contributed by atoms with Gasteiger partial charge in [-0.25, -0.2) is 0 Å². The van der Waals surface area contributed by atoms with Crippen molar-refractivity contribution in [1.82, 2.24) is 15.5 Å². The lowest BCUT2D eigenvalue weighted by Crippen LogP contribution is -2.36. The van der Waals surface area contributed by atoms with Crippen LogP contribution in [0.2, 0.25) is 5.02 Å². The molecule has 1 amide bonds. The maximum absolute atomic E-state index is 12.1. The largest absolute Gasteiger partial charge is 0.378 e. The van der Waals surface area contributed by atoms with Gasteiger partial charge in [0, 0.05) is 29.4 Å². The van der Waals surface area contributed by atoms with Crippen molar-refractivity contribution >= 4 is 23.2 Å². The summed E-state index contributed by atoms with van der Waals surface area (Å²) in [7, 11) is 0. The monoisotopic (exact) mass is 412 g/mol. The van der Waals surface area contributed by atoms with Crippen molar-refractivity contribution in [3.8, 4) is 11.4 Å². The van der Waals surface area contributed by atoms with Crippen LogP contribution in [-0.2, 0) is 22.5 Å². The maximum atomic E-state index is 12.1. The summed E-state index contributed by atoms with van der Waals surface area (Å²) < 4.78 is 10.6. The van der Waals surface area contributed by atoms with Crippen LogP contribution in [0.25, 0.3) is 11.4 Å². The molecule has 0 radical (unpaired) electrons. The van der Waals surface area contributed by atoms with Crippen LogP contribution >= 0.6 is 11.6 Å². The Bertz CT molecular complexity index is 951. The number of carbonyl (C=O) groups is 1. The predicted octanol–water partition coefficient (Wildman–Crippen LogP) is 3.09. The van der Waals surface area contributed by atoms with Crippen LogP contribution in [0.5, 0.6) is 0 Å². The van der Waals surface area contributed by atoms with E-state index in [1.807, 2.05) is 36.4 Å². The van der Waals surface area contributed by atoms with Gasteiger partial charge in [-0.15, -0.1) is 0 Å². The summed E-state index contributed by atoms with van der Waals surface area (Å²) in [5.74, 6) is 0.740. The molecule has 4 rings (SSSR count). The van der Waals surface area contributed by atoms with Gasteiger partial charge in [0.05, 0.1) is 26.2 Å². The Labute approximate surface area is 173 Å². The highest BCUT2D eigenvalue weighted by molar-refractivity contribution is 6.30. The first-order valence-corrected chi connectivity index (χ1v) is 9.82. The van der Waals surface area contributed by atoms with E-state index < -0.39 is 0 Å². The van der Waals surface area contributed by atoms with Gasteiger partial charge in [-0.05, 0) is 42.0 Å². The van der Waals surface area contributed by atoms with Crippen molar-refractivity contribution in [3.63, 3.8) is 0 Å². The Morgan fingerprint density at radius 2 is 1.79 bits per heavy atom. The second kappa shape index (κ2) is 9.07. The van der Waals surface area contributed by atoms with Gasteiger partial charge in [0.25, 0.3) is 0 Å². The zero-order valence-electron chi connectivity index (χ0n) is 15.8. The van der Waals surface area contributed by atoms with E-state index in [-0.39, 0.29) is 18.9 Å². The number of rotatable bonds is 6. The lowest BCUT2D eigenvalue weighted by atomic mass is 10.1. The normalized spacial score (nSPS) is 14.0. The number of amides is 1. The summed E-state index contributed by atoms with van der Waals surface area (Å²) in [6, 6.07) is 15.2. The Morgan fingerprint density at radius 3 is 2.52 bits per heavy atom. The molecule has 0 bridgehead atoms. The first-order chi connectivity index (χ1) is 14.2. The van der Waals surface area contributed by atoms with Gasteiger partial charge in [-0.1, -0.05) is 28.9 Å². The minimum atomic E-state index is -0.123. The summed E-state index contributed by atoms with van der Waals surface area (Å²) >= 11 is 5.85. The van der Waals surface area contributed by atoms with Gasteiger partial charge in [0.2, 0.25) is 17.6 Å². The third-order valence-corrected chi connectivity index (χ3v) is 4.94. The number of hydrogen-bond donors (Lipinski definition) is 1. The van der Waals surface area contributed by atoms with Crippen molar-refractivity contribution in [2.75, 3.05) is 31.2 Å². The number of nitrogens with zero attached hydrogens (tertiary/aromatic N) is 3. The molecule has 2 heterocycles. The SMILES string of the molecule is O=C(Cc1ccc(Cl)cc1)NCc1nc(-c2ccc(N3CCOCC3)cc2)no1. The minimum absolute atomic E-state index is 0.123. The number of anilines is 1. The second-order valence-electron chi connectivity index (χ2n) is 6.74. The molecule has 0 unspecified atom stereocenters. The molecule has 0 spiro atoms. The average molecular weight is 413 g/mol. The molecule has 7 nitrogen and oxygen atoms in total. The first kappa shape index (κ1) is 19.4. The van der Waals surface area contributed by atoms with E-state index >= 15 is 0 Å². The summed E-state index contributed by atoms with van der Waals surface area (Å²) in [5, 5.41) is 7.45. The highest BCUT2D eigenvalue weighted by Gasteiger charge is 2.13. The number of carbonyl (C=O) groups excluding carboxylic acids is 1. The fourth-order valence-corrected chi connectivity index (χ4v) is 3.24. The van der Waals surface area contributed by atoms with Gasteiger partial charge in [0.1, 0.15) is 0 Å². The summed E-state index contributed by atoms with van der Waals surface area (Å²) in [4.78, 5) is 18.7. The fraction of sp³-hybridized carbons (Fsp3) is 0.286. The van der Waals surface area contributed by atoms with Crippen LogP contribution in [0.15, 0.2) is 53.1 Å². The zero-order valence-corrected chi connectivity index (χ0v) is 16.6. The van der Waals surface area contributed by atoms with Crippen molar-refractivity contribution in [1.29, 1.82) is 0 Å². The number of nitrogens with one attached hydrogen (secondary N) is 1. The Hall–Kier alpha value is -2.90. The minimum Gasteiger partial charge on any atom is -0.378 e. The van der Waals surface area contributed by atoms with E-state index in [2.05, 4.69) is 20.4 Å². The second-order valence-corrected chi connectivity index (χ2v) is 7.17. The summed E-state index contributed by atoms with van der Waals surface area (Å²) in [6.45, 7) is 3.47. The number of aromatic nitrogens is 2. The van der Waals surface area contributed by atoms with Crippen molar-refractivity contribution < 1.29 is 14.1 Å². The van der Waals surface area contributed by atoms with Gasteiger partial charge < -0.3 is 19.5 Å². The molecule has 1 aliphatic heterocycles. The van der Waals surface area contributed by atoms with Gasteiger partial charge in [-0.2, -0.15) is 4.98 Å². The molecule has 150 valence electrons. The zero-order chi connectivity index (χ0) is 20.1. The predicted molar refractivity (Wildman–Crippen MR) is 110 cm³/mol. The molecule has 1 aliphatic rings. The van der Waals surface area contributed by atoms with Gasteiger partial charge >= 0.3 is 0 Å². The molecule has 1 aromatic heterocycles. The molecule has 1 fully saturated rings. The molecular weight excluding hydrogens is 392 g/mol. The Kier molecular flexibility index (Phi) is 6.07. The van der Waals surface area contributed by atoms with Crippen LogP contribution in [0.1, 0.15) is 11.5 Å². The van der Waals surface area contributed by atoms with E-state index in [9.17, 15) is 4.79 Å². The molecule has 1 saturated heterocycles. The quantitative estimate of drug-likeness (QED) is 0.670. The Morgan fingerprint density at radius 1 is 1.07 bits per heavy atom. The summed E-state index contributed by atoms with van der Waals surface area (Å²) in [5.41, 5.74) is 2.90. The third-order valence-electron chi connectivity index (χ3n) is 4.68. The highest BCUT2D eigenvalue weighted by atomic mass is 35.5. The molecule has 29 heavy (non-hydrogen) atoms. The number of benzene rings is 2.